The van der Waals surface area contributed by atoms with Crippen LogP contribution in [0.3, 0.4) is 0 Å². The second-order valence-corrected chi connectivity index (χ2v) is 7.82. The summed E-state index contributed by atoms with van der Waals surface area (Å²) in [6, 6.07) is 11.8. The van der Waals surface area contributed by atoms with Crippen LogP contribution in [0.15, 0.2) is 60.9 Å². The molecule has 0 radical (unpaired) electrons. The number of nitrogens with zero attached hydrogens (tertiary/aromatic N) is 3. The van der Waals surface area contributed by atoms with Gasteiger partial charge in [0.2, 0.25) is 5.91 Å². The molecule has 1 aromatic heterocycles. The molecule has 4 rings (SSSR count). The van der Waals surface area contributed by atoms with E-state index in [1.807, 2.05) is 30.6 Å². The molecule has 0 spiro atoms. The predicted octanol–water partition coefficient (Wildman–Crippen LogP) is 3.43. The minimum atomic E-state index is -0.270. The summed E-state index contributed by atoms with van der Waals surface area (Å²) in [5, 5.41) is 7.36. The highest BCUT2D eigenvalue weighted by Gasteiger charge is 2.17. The van der Waals surface area contributed by atoms with Gasteiger partial charge in [0.1, 0.15) is 17.3 Å². The topological polar surface area (TPSA) is 68.6 Å². The lowest BCUT2D eigenvalue weighted by molar-refractivity contribution is -0.122. The highest BCUT2D eigenvalue weighted by molar-refractivity contribution is 5.78. The van der Waals surface area contributed by atoms with E-state index in [2.05, 4.69) is 21.4 Å². The van der Waals surface area contributed by atoms with Gasteiger partial charge in [-0.1, -0.05) is 6.08 Å². The number of amides is 1. The van der Waals surface area contributed by atoms with Gasteiger partial charge in [0.05, 0.1) is 32.6 Å². The molecular weight excluding hydrogens is 423 g/mol. The molecule has 33 heavy (non-hydrogen) atoms. The van der Waals surface area contributed by atoms with Gasteiger partial charge in [-0.2, -0.15) is 5.10 Å². The van der Waals surface area contributed by atoms with E-state index in [9.17, 15) is 9.18 Å². The molecular formula is C25H27FN4O3. The molecule has 1 N–H and O–H groups in total. The van der Waals surface area contributed by atoms with E-state index in [0.717, 1.165) is 35.5 Å². The first kappa shape index (κ1) is 22.5. The van der Waals surface area contributed by atoms with Crippen LogP contribution in [0, 0.1) is 5.82 Å². The molecule has 2 heterocycles. The zero-order valence-electron chi connectivity index (χ0n) is 18.8. The zero-order valence-corrected chi connectivity index (χ0v) is 18.8. The fourth-order valence-electron chi connectivity index (χ4n) is 3.81. The number of hydrogen-bond acceptors (Lipinski definition) is 5. The third kappa shape index (κ3) is 5.59. The summed E-state index contributed by atoms with van der Waals surface area (Å²) in [5.74, 6) is 1.12. The van der Waals surface area contributed by atoms with Crippen molar-refractivity contribution in [1.82, 2.24) is 20.0 Å². The van der Waals surface area contributed by atoms with Gasteiger partial charge in [0.25, 0.3) is 0 Å². The van der Waals surface area contributed by atoms with Crippen LogP contribution >= 0.6 is 0 Å². The first-order valence-electron chi connectivity index (χ1n) is 10.8. The van der Waals surface area contributed by atoms with Crippen LogP contribution < -0.4 is 14.8 Å². The van der Waals surface area contributed by atoms with Gasteiger partial charge in [0.15, 0.2) is 0 Å². The van der Waals surface area contributed by atoms with Crippen LogP contribution in [0.5, 0.6) is 11.5 Å². The van der Waals surface area contributed by atoms with Crippen LogP contribution in [-0.2, 0) is 11.3 Å². The van der Waals surface area contributed by atoms with Gasteiger partial charge in [-0.3, -0.25) is 9.69 Å². The average Bonchev–Trinajstić information content (AvgIpc) is 3.34. The Kier molecular flexibility index (Phi) is 7.04. The smallest absolute Gasteiger partial charge is 0.234 e. The number of halogens is 1. The minimum absolute atomic E-state index is 0.0409. The minimum Gasteiger partial charge on any atom is -0.497 e. The van der Waals surface area contributed by atoms with Crippen LogP contribution in [0.1, 0.15) is 17.5 Å². The highest BCUT2D eigenvalue weighted by atomic mass is 19.1. The number of ether oxygens (including phenoxy) is 2. The normalized spacial score (nSPS) is 14.0. The Morgan fingerprint density at radius 2 is 1.97 bits per heavy atom. The summed E-state index contributed by atoms with van der Waals surface area (Å²) in [5.41, 5.74) is 3.91. The summed E-state index contributed by atoms with van der Waals surface area (Å²) < 4.78 is 25.5. The Hall–Kier alpha value is -3.65. The fraction of sp³-hybridized carbons (Fsp3) is 0.280. The van der Waals surface area contributed by atoms with Gasteiger partial charge < -0.3 is 14.8 Å². The van der Waals surface area contributed by atoms with Crippen LogP contribution in [0.2, 0.25) is 0 Å². The van der Waals surface area contributed by atoms with Crippen molar-refractivity contribution in [2.24, 2.45) is 0 Å². The summed E-state index contributed by atoms with van der Waals surface area (Å²) >= 11 is 0. The summed E-state index contributed by atoms with van der Waals surface area (Å²) in [6.45, 7) is 2.16. The van der Waals surface area contributed by atoms with Crippen molar-refractivity contribution in [2.45, 2.75) is 13.0 Å². The SMILES string of the molecule is COc1ccc(OC)c(CNC(=O)CN2CC=C(c3cnn(-c4ccc(F)cc4)c3)CC2)c1. The molecule has 0 saturated heterocycles. The number of aromatic nitrogens is 2. The first-order valence-corrected chi connectivity index (χ1v) is 10.8. The van der Waals surface area contributed by atoms with Crippen LogP contribution in [0.4, 0.5) is 4.39 Å². The molecule has 1 aliphatic rings. The maximum atomic E-state index is 13.1. The largest absolute Gasteiger partial charge is 0.497 e. The van der Waals surface area contributed by atoms with Gasteiger partial charge in [0, 0.05) is 37.0 Å². The molecule has 0 saturated carbocycles. The highest BCUT2D eigenvalue weighted by Crippen LogP contribution is 2.24. The zero-order chi connectivity index (χ0) is 23.2. The Balaban J connectivity index is 1.30. The number of carbonyl (C=O) groups excluding carboxylic acids is 1. The van der Waals surface area contributed by atoms with Crippen molar-refractivity contribution in [3.05, 3.63) is 77.9 Å². The first-order chi connectivity index (χ1) is 16.1. The quantitative estimate of drug-likeness (QED) is 0.570. The van der Waals surface area contributed by atoms with Gasteiger partial charge >= 0.3 is 0 Å². The lowest BCUT2D eigenvalue weighted by Gasteiger charge is -2.25. The van der Waals surface area contributed by atoms with Crippen molar-refractivity contribution < 1.29 is 18.7 Å². The van der Waals surface area contributed by atoms with E-state index in [-0.39, 0.29) is 11.7 Å². The van der Waals surface area contributed by atoms with Crippen LogP contribution in [0.25, 0.3) is 11.3 Å². The Morgan fingerprint density at radius 3 is 2.67 bits per heavy atom. The number of carbonyl (C=O) groups is 1. The van der Waals surface area contributed by atoms with E-state index < -0.39 is 0 Å². The number of rotatable bonds is 8. The van der Waals surface area contributed by atoms with Crippen LogP contribution in [-0.4, -0.2) is 54.4 Å². The van der Waals surface area contributed by atoms with Crippen molar-refractivity contribution >= 4 is 11.5 Å². The maximum absolute atomic E-state index is 13.1. The third-order valence-corrected chi connectivity index (χ3v) is 5.67. The molecule has 0 fully saturated rings. The van der Waals surface area contributed by atoms with E-state index in [1.165, 1.54) is 17.7 Å². The second-order valence-electron chi connectivity index (χ2n) is 7.82. The molecule has 0 aliphatic carbocycles. The second kappa shape index (κ2) is 10.3. The Labute approximate surface area is 192 Å². The standard InChI is InChI=1S/C25H27FN4O3/c1-32-23-7-8-24(33-2)19(13-23)14-27-25(31)17-29-11-9-18(10-12-29)20-15-28-30(16-20)22-5-3-21(26)4-6-22/h3-9,13,15-16H,10-12,14,17H2,1-2H3,(H,27,31). The number of methoxy groups -OCH3 is 2. The predicted molar refractivity (Wildman–Crippen MR) is 124 cm³/mol. The summed E-state index contributed by atoms with van der Waals surface area (Å²) in [6.07, 6.45) is 6.72. The number of nitrogens with one attached hydrogen (secondary N) is 1. The molecule has 0 bridgehead atoms. The van der Waals surface area contributed by atoms with Gasteiger partial charge in [-0.15, -0.1) is 0 Å². The molecule has 172 valence electrons. The molecule has 2 aromatic carbocycles. The Bertz CT molecular complexity index is 1140. The number of benzene rings is 2. The summed E-state index contributed by atoms with van der Waals surface area (Å²) in [4.78, 5) is 14.6. The van der Waals surface area contributed by atoms with Crippen molar-refractivity contribution in [3.8, 4) is 17.2 Å². The molecule has 3 aromatic rings. The maximum Gasteiger partial charge on any atom is 0.234 e. The lowest BCUT2D eigenvalue weighted by Crippen LogP contribution is -2.39. The van der Waals surface area contributed by atoms with Gasteiger partial charge in [-0.05, 0) is 54.5 Å². The molecule has 1 amide bonds. The molecule has 1 aliphatic heterocycles. The molecule has 7 nitrogen and oxygen atoms in total. The summed E-state index contributed by atoms with van der Waals surface area (Å²) in [7, 11) is 3.21. The fourth-order valence-corrected chi connectivity index (χ4v) is 3.81. The molecule has 0 unspecified atom stereocenters. The molecule has 0 atom stereocenters. The number of hydrogen-bond donors (Lipinski definition) is 1. The van der Waals surface area contributed by atoms with Crippen molar-refractivity contribution in [2.75, 3.05) is 33.9 Å². The van der Waals surface area contributed by atoms with Crippen molar-refractivity contribution in [3.63, 3.8) is 0 Å². The molecule has 8 heteroatoms. The van der Waals surface area contributed by atoms with E-state index in [1.54, 1.807) is 31.0 Å². The third-order valence-electron chi connectivity index (χ3n) is 5.67. The van der Waals surface area contributed by atoms with Gasteiger partial charge in [-0.25, -0.2) is 9.07 Å². The Morgan fingerprint density at radius 1 is 1.15 bits per heavy atom. The monoisotopic (exact) mass is 450 g/mol. The van der Waals surface area contributed by atoms with E-state index in [4.69, 9.17) is 9.47 Å². The lowest BCUT2D eigenvalue weighted by atomic mass is 10.0. The average molecular weight is 451 g/mol. The van der Waals surface area contributed by atoms with E-state index in [0.29, 0.717) is 25.4 Å². The van der Waals surface area contributed by atoms with Crippen molar-refractivity contribution in [1.29, 1.82) is 0 Å². The van der Waals surface area contributed by atoms with E-state index >= 15 is 0 Å².